The Labute approximate surface area is 90.5 Å². The van der Waals surface area contributed by atoms with E-state index in [1.807, 2.05) is 0 Å². The van der Waals surface area contributed by atoms with Gasteiger partial charge in [0.2, 0.25) is 5.82 Å². The minimum Gasteiger partial charge on any atom is -0.507 e. The van der Waals surface area contributed by atoms with Crippen LogP contribution in [0.3, 0.4) is 0 Å². The summed E-state index contributed by atoms with van der Waals surface area (Å²) in [6.45, 7) is 0. The van der Waals surface area contributed by atoms with Gasteiger partial charge in [0, 0.05) is 0 Å². The fourth-order valence-corrected chi connectivity index (χ4v) is 1.17. The maximum absolute atomic E-state index is 11.1. The molecule has 2 aromatic rings. The predicted molar refractivity (Wildman–Crippen MR) is 52.7 cm³/mol. The number of ether oxygens (including phenoxy) is 1. The van der Waals surface area contributed by atoms with E-state index in [0.29, 0.717) is 5.56 Å². The molecule has 1 aromatic heterocycles. The summed E-state index contributed by atoms with van der Waals surface area (Å²) in [4.78, 5) is 14.9. The van der Waals surface area contributed by atoms with E-state index < -0.39 is 5.97 Å². The zero-order chi connectivity index (χ0) is 11.5. The summed E-state index contributed by atoms with van der Waals surface area (Å²) in [6.07, 6.45) is 0. The number of para-hydroxylation sites is 1. The number of aromatic hydroxyl groups is 1. The molecule has 0 saturated carbocycles. The Morgan fingerprint density at radius 1 is 1.44 bits per heavy atom. The fourth-order valence-electron chi connectivity index (χ4n) is 1.17. The zero-order valence-corrected chi connectivity index (χ0v) is 8.38. The third kappa shape index (κ3) is 1.72. The lowest BCUT2D eigenvalue weighted by molar-refractivity contribution is 0.0545. The van der Waals surface area contributed by atoms with Crippen LogP contribution in [0.1, 0.15) is 10.7 Å². The van der Waals surface area contributed by atoms with Gasteiger partial charge in [-0.1, -0.05) is 17.3 Å². The van der Waals surface area contributed by atoms with E-state index in [1.54, 1.807) is 18.2 Å². The maximum Gasteiger partial charge on any atom is 0.397 e. The highest BCUT2D eigenvalue weighted by Gasteiger charge is 2.17. The van der Waals surface area contributed by atoms with Crippen LogP contribution in [-0.2, 0) is 4.74 Å². The number of carbonyl (C=O) groups excluding carboxylic acids is 1. The summed E-state index contributed by atoms with van der Waals surface area (Å²) in [5.41, 5.74) is 0.390. The molecule has 0 saturated heterocycles. The minimum atomic E-state index is -0.714. The molecule has 1 N–H and O–H groups in total. The fraction of sp³-hybridized carbons (Fsp3) is 0.100. The average molecular weight is 220 g/mol. The predicted octanol–water partition coefficient (Wildman–Crippen LogP) is 1.23. The summed E-state index contributed by atoms with van der Waals surface area (Å²) >= 11 is 0. The van der Waals surface area contributed by atoms with Crippen molar-refractivity contribution in [2.45, 2.75) is 0 Å². The monoisotopic (exact) mass is 220 g/mol. The summed E-state index contributed by atoms with van der Waals surface area (Å²) in [5, 5.41) is 13.1. The average Bonchev–Trinajstić information content (AvgIpc) is 2.78. The molecule has 6 heteroatoms. The van der Waals surface area contributed by atoms with Crippen LogP contribution in [0.25, 0.3) is 11.4 Å². The number of carbonyl (C=O) groups is 1. The van der Waals surface area contributed by atoms with Crippen molar-refractivity contribution in [1.29, 1.82) is 0 Å². The van der Waals surface area contributed by atoms with Crippen molar-refractivity contribution in [3.05, 3.63) is 30.2 Å². The van der Waals surface area contributed by atoms with E-state index in [1.165, 1.54) is 13.2 Å². The molecule has 1 aromatic carbocycles. The molecule has 0 amide bonds. The van der Waals surface area contributed by atoms with E-state index in [2.05, 4.69) is 19.4 Å². The quantitative estimate of drug-likeness (QED) is 0.766. The highest BCUT2D eigenvalue weighted by atomic mass is 16.6. The number of methoxy groups -OCH3 is 1. The third-order valence-corrected chi connectivity index (χ3v) is 1.93. The van der Waals surface area contributed by atoms with E-state index in [-0.39, 0.29) is 17.5 Å². The van der Waals surface area contributed by atoms with Gasteiger partial charge < -0.3 is 14.4 Å². The Kier molecular flexibility index (Phi) is 2.55. The first-order valence-electron chi connectivity index (χ1n) is 4.42. The molecule has 16 heavy (non-hydrogen) atoms. The number of hydrogen-bond donors (Lipinski definition) is 1. The third-order valence-electron chi connectivity index (χ3n) is 1.93. The number of aromatic nitrogens is 2. The van der Waals surface area contributed by atoms with Gasteiger partial charge in [-0.2, -0.15) is 4.98 Å². The molecular weight excluding hydrogens is 212 g/mol. The molecule has 2 rings (SSSR count). The molecule has 0 atom stereocenters. The Morgan fingerprint density at radius 3 is 2.88 bits per heavy atom. The molecule has 82 valence electrons. The Hall–Kier alpha value is -2.37. The lowest BCUT2D eigenvalue weighted by Gasteiger charge is -1.96. The Balaban J connectivity index is 2.39. The van der Waals surface area contributed by atoms with Crippen molar-refractivity contribution < 1.29 is 19.2 Å². The lowest BCUT2D eigenvalue weighted by Crippen LogP contribution is -2.00. The van der Waals surface area contributed by atoms with Gasteiger partial charge in [-0.05, 0) is 12.1 Å². The lowest BCUT2D eigenvalue weighted by atomic mass is 10.2. The van der Waals surface area contributed by atoms with Gasteiger partial charge in [-0.15, -0.1) is 0 Å². The second kappa shape index (κ2) is 4.01. The van der Waals surface area contributed by atoms with Crippen molar-refractivity contribution in [3.63, 3.8) is 0 Å². The number of rotatable bonds is 2. The van der Waals surface area contributed by atoms with E-state index in [4.69, 9.17) is 0 Å². The molecule has 0 aliphatic carbocycles. The van der Waals surface area contributed by atoms with Crippen molar-refractivity contribution in [2.24, 2.45) is 0 Å². The minimum absolute atomic E-state index is 0.0136. The van der Waals surface area contributed by atoms with Crippen LogP contribution in [0.2, 0.25) is 0 Å². The van der Waals surface area contributed by atoms with Gasteiger partial charge in [0.05, 0.1) is 12.7 Å². The first kappa shape index (κ1) is 10.2. The maximum atomic E-state index is 11.1. The van der Waals surface area contributed by atoms with Gasteiger partial charge >= 0.3 is 11.9 Å². The van der Waals surface area contributed by atoms with Crippen LogP contribution in [0, 0.1) is 0 Å². The van der Waals surface area contributed by atoms with Crippen molar-refractivity contribution >= 4 is 5.97 Å². The number of esters is 1. The molecule has 0 unspecified atom stereocenters. The summed E-state index contributed by atoms with van der Waals surface area (Å²) in [7, 11) is 1.21. The van der Waals surface area contributed by atoms with E-state index >= 15 is 0 Å². The molecule has 0 spiro atoms. The topological polar surface area (TPSA) is 85.5 Å². The molecular formula is C10H8N2O4. The summed E-state index contributed by atoms with van der Waals surface area (Å²) in [5.74, 6) is -0.812. The highest BCUT2D eigenvalue weighted by molar-refractivity contribution is 5.84. The van der Waals surface area contributed by atoms with Gasteiger partial charge in [0.25, 0.3) is 0 Å². The molecule has 6 nitrogen and oxygen atoms in total. The highest BCUT2D eigenvalue weighted by Crippen LogP contribution is 2.25. The SMILES string of the molecule is COC(=O)c1nc(-c2ccccc2O)no1. The molecule has 0 fully saturated rings. The smallest absolute Gasteiger partial charge is 0.397 e. The van der Waals surface area contributed by atoms with E-state index in [0.717, 1.165) is 0 Å². The number of nitrogens with zero attached hydrogens (tertiary/aromatic N) is 2. The molecule has 0 aliphatic heterocycles. The van der Waals surface area contributed by atoms with Crippen molar-refractivity contribution in [3.8, 4) is 17.1 Å². The Morgan fingerprint density at radius 2 is 2.19 bits per heavy atom. The molecule has 1 heterocycles. The summed E-state index contributed by atoms with van der Waals surface area (Å²) < 4.78 is 9.10. The summed E-state index contributed by atoms with van der Waals surface area (Å²) in [6, 6.07) is 6.48. The van der Waals surface area contributed by atoms with Crippen LogP contribution < -0.4 is 0 Å². The Bertz CT molecular complexity index is 521. The van der Waals surface area contributed by atoms with E-state index in [9.17, 15) is 9.90 Å². The van der Waals surface area contributed by atoms with Crippen molar-refractivity contribution in [2.75, 3.05) is 7.11 Å². The van der Waals surface area contributed by atoms with Crippen LogP contribution in [0.4, 0.5) is 0 Å². The largest absolute Gasteiger partial charge is 0.507 e. The first-order chi connectivity index (χ1) is 7.72. The molecule has 0 radical (unpaired) electrons. The van der Waals surface area contributed by atoms with Gasteiger partial charge in [-0.25, -0.2) is 4.79 Å². The van der Waals surface area contributed by atoms with Crippen LogP contribution in [-0.4, -0.2) is 28.3 Å². The number of phenols is 1. The molecule has 0 aliphatic rings. The molecule has 0 bridgehead atoms. The van der Waals surface area contributed by atoms with Gasteiger partial charge in [0.1, 0.15) is 5.75 Å². The zero-order valence-electron chi connectivity index (χ0n) is 8.38. The number of benzene rings is 1. The van der Waals surface area contributed by atoms with Gasteiger partial charge in [0.15, 0.2) is 0 Å². The number of hydrogen-bond acceptors (Lipinski definition) is 6. The number of phenolic OH excluding ortho intramolecular Hbond substituents is 1. The second-order valence-corrected chi connectivity index (χ2v) is 2.93. The second-order valence-electron chi connectivity index (χ2n) is 2.93. The normalized spacial score (nSPS) is 10.1. The van der Waals surface area contributed by atoms with Crippen molar-refractivity contribution in [1.82, 2.24) is 10.1 Å². The van der Waals surface area contributed by atoms with Crippen LogP contribution in [0.5, 0.6) is 5.75 Å². The first-order valence-corrected chi connectivity index (χ1v) is 4.42. The van der Waals surface area contributed by atoms with Gasteiger partial charge in [-0.3, -0.25) is 0 Å². The van der Waals surface area contributed by atoms with Crippen LogP contribution in [0.15, 0.2) is 28.8 Å². The van der Waals surface area contributed by atoms with Crippen LogP contribution >= 0.6 is 0 Å². The standard InChI is InChI=1S/C10H8N2O4/c1-15-10(14)9-11-8(12-16-9)6-4-2-3-5-7(6)13/h2-5,13H,1H3.